The molecule has 1 N–H and O–H groups in total. The topological polar surface area (TPSA) is 15.3 Å². The second-order valence-electron chi connectivity index (χ2n) is 6.38. The summed E-state index contributed by atoms with van der Waals surface area (Å²) in [4.78, 5) is 2.67. The first-order chi connectivity index (χ1) is 7.45. The van der Waals surface area contributed by atoms with E-state index in [0.29, 0.717) is 17.5 Å². The highest BCUT2D eigenvalue weighted by molar-refractivity contribution is 4.90. The summed E-state index contributed by atoms with van der Waals surface area (Å²) in [7, 11) is 0. The lowest BCUT2D eigenvalue weighted by Gasteiger charge is -2.44. The largest absolute Gasteiger partial charge is 0.311 e. The van der Waals surface area contributed by atoms with Crippen molar-refractivity contribution in [3.05, 3.63) is 0 Å². The molecule has 2 heteroatoms. The maximum absolute atomic E-state index is 3.69. The van der Waals surface area contributed by atoms with Gasteiger partial charge in [-0.15, -0.1) is 0 Å². The number of unbranched alkanes of at least 4 members (excludes halogenated alkanes) is 2. The van der Waals surface area contributed by atoms with Crippen molar-refractivity contribution in [1.29, 1.82) is 0 Å². The highest BCUT2D eigenvalue weighted by atomic mass is 15.2. The minimum atomic E-state index is 0.378. The second-order valence-corrected chi connectivity index (χ2v) is 6.38. The number of hydrogen-bond acceptors (Lipinski definition) is 2. The molecule has 0 aromatic rings. The fourth-order valence-corrected chi connectivity index (χ4v) is 2.38. The molecule has 0 bridgehead atoms. The molecule has 96 valence electrons. The molecular weight excluding hydrogens is 196 g/mol. The van der Waals surface area contributed by atoms with Gasteiger partial charge in [0.2, 0.25) is 0 Å². The second kappa shape index (κ2) is 6.02. The molecule has 0 aliphatic carbocycles. The Hall–Kier alpha value is -0.0800. The summed E-state index contributed by atoms with van der Waals surface area (Å²) in [5.74, 6) is 0. The molecule has 0 saturated carbocycles. The van der Waals surface area contributed by atoms with Crippen LogP contribution < -0.4 is 5.32 Å². The van der Waals surface area contributed by atoms with E-state index in [1.807, 2.05) is 0 Å². The quantitative estimate of drug-likeness (QED) is 0.742. The van der Waals surface area contributed by atoms with Gasteiger partial charge < -0.3 is 5.32 Å². The zero-order valence-electron chi connectivity index (χ0n) is 11.8. The Morgan fingerprint density at radius 3 is 2.50 bits per heavy atom. The van der Waals surface area contributed by atoms with Crippen LogP contribution in [0.3, 0.4) is 0 Å². The predicted octanol–water partition coefficient (Wildman–Crippen LogP) is 2.89. The molecule has 1 rings (SSSR count). The van der Waals surface area contributed by atoms with Gasteiger partial charge in [-0.25, -0.2) is 0 Å². The van der Waals surface area contributed by atoms with Crippen LogP contribution >= 0.6 is 0 Å². The standard InChI is InChI=1S/C14H30N2/c1-6-7-8-9-16-11-13(14(3,4)5)15-10-12(16)2/h12-13,15H,6-11H2,1-5H3. The fraction of sp³-hybridized carbons (Fsp3) is 1.00. The van der Waals surface area contributed by atoms with Gasteiger partial charge in [0, 0.05) is 25.2 Å². The monoisotopic (exact) mass is 226 g/mol. The maximum atomic E-state index is 3.69. The third kappa shape index (κ3) is 4.06. The van der Waals surface area contributed by atoms with Crippen molar-refractivity contribution in [2.24, 2.45) is 5.41 Å². The van der Waals surface area contributed by atoms with Crippen LogP contribution in [-0.2, 0) is 0 Å². The molecule has 0 amide bonds. The van der Waals surface area contributed by atoms with Crippen LogP contribution in [0.25, 0.3) is 0 Å². The van der Waals surface area contributed by atoms with Crippen LogP contribution in [0.4, 0.5) is 0 Å². The molecule has 1 fully saturated rings. The zero-order valence-corrected chi connectivity index (χ0v) is 11.8. The van der Waals surface area contributed by atoms with Gasteiger partial charge in [0.25, 0.3) is 0 Å². The number of nitrogens with zero attached hydrogens (tertiary/aromatic N) is 1. The first-order valence-electron chi connectivity index (χ1n) is 6.92. The minimum Gasteiger partial charge on any atom is -0.311 e. The Labute approximate surface area is 102 Å². The lowest BCUT2D eigenvalue weighted by molar-refractivity contribution is 0.0922. The number of piperazine rings is 1. The van der Waals surface area contributed by atoms with Crippen molar-refractivity contribution >= 4 is 0 Å². The molecule has 1 aliphatic rings. The van der Waals surface area contributed by atoms with E-state index in [1.165, 1.54) is 32.4 Å². The highest BCUT2D eigenvalue weighted by Crippen LogP contribution is 2.23. The van der Waals surface area contributed by atoms with Crippen LogP contribution in [0, 0.1) is 5.41 Å². The fourth-order valence-electron chi connectivity index (χ4n) is 2.38. The maximum Gasteiger partial charge on any atom is 0.0244 e. The average molecular weight is 226 g/mol. The van der Waals surface area contributed by atoms with Crippen molar-refractivity contribution < 1.29 is 0 Å². The van der Waals surface area contributed by atoms with Gasteiger partial charge in [-0.05, 0) is 25.3 Å². The van der Waals surface area contributed by atoms with Crippen LogP contribution in [0.15, 0.2) is 0 Å². The van der Waals surface area contributed by atoms with Gasteiger partial charge in [0.05, 0.1) is 0 Å². The molecule has 2 atom stereocenters. The molecule has 0 aromatic heterocycles. The van der Waals surface area contributed by atoms with Gasteiger partial charge in [0.1, 0.15) is 0 Å². The van der Waals surface area contributed by atoms with Gasteiger partial charge >= 0.3 is 0 Å². The summed E-state index contributed by atoms with van der Waals surface area (Å²) in [6, 6.07) is 1.35. The zero-order chi connectivity index (χ0) is 12.2. The van der Waals surface area contributed by atoms with Crippen molar-refractivity contribution in [1.82, 2.24) is 10.2 Å². The molecule has 1 aliphatic heterocycles. The van der Waals surface area contributed by atoms with E-state index in [2.05, 4.69) is 44.8 Å². The normalized spacial score (nSPS) is 28.3. The minimum absolute atomic E-state index is 0.378. The molecule has 2 nitrogen and oxygen atoms in total. The van der Waals surface area contributed by atoms with Gasteiger partial charge in [-0.1, -0.05) is 40.5 Å². The Balaban J connectivity index is 2.42. The number of rotatable bonds is 4. The van der Waals surface area contributed by atoms with E-state index in [0.717, 1.165) is 6.54 Å². The summed E-state index contributed by atoms with van der Waals surface area (Å²) in [5, 5.41) is 3.69. The van der Waals surface area contributed by atoms with Gasteiger partial charge in [-0.3, -0.25) is 4.90 Å². The third-order valence-electron chi connectivity index (χ3n) is 3.79. The first-order valence-corrected chi connectivity index (χ1v) is 6.92. The molecule has 16 heavy (non-hydrogen) atoms. The molecule has 0 radical (unpaired) electrons. The summed E-state index contributed by atoms with van der Waals surface area (Å²) in [5.41, 5.74) is 0.378. The Bertz CT molecular complexity index is 195. The van der Waals surface area contributed by atoms with E-state index in [1.54, 1.807) is 0 Å². The van der Waals surface area contributed by atoms with Crippen LogP contribution in [0.5, 0.6) is 0 Å². The molecule has 0 aromatic carbocycles. The van der Waals surface area contributed by atoms with Gasteiger partial charge in [-0.2, -0.15) is 0 Å². The van der Waals surface area contributed by atoms with Gasteiger partial charge in [0.15, 0.2) is 0 Å². The van der Waals surface area contributed by atoms with Crippen molar-refractivity contribution in [2.45, 2.75) is 66.0 Å². The number of hydrogen-bond donors (Lipinski definition) is 1. The van der Waals surface area contributed by atoms with Crippen molar-refractivity contribution in [3.8, 4) is 0 Å². The summed E-state index contributed by atoms with van der Waals surface area (Å²) < 4.78 is 0. The Kier molecular flexibility index (Phi) is 5.26. The third-order valence-corrected chi connectivity index (χ3v) is 3.79. The molecule has 1 saturated heterocycles. The van der Waals surface area contributed by atoms with Crippen molar-refractivity contribution in [2.75, 3.05) is 19.6 Å². The number of nitrogens with one attached hydrogen (secondary N) is 1. The predicted molar refractivity (Wildman–Crippen MR) is 71.8 cm³/mol. The molecule has 2 unspecified atom stereocenters. The molecule has 0 spiro atoms. The average Bonchev–Trinajstić information content (AvgIpc) is 2.19. The van der Waals surface area contributed by atoms with Crippen LogP contribution in [0.1, 0.15) is 53.9 Å². The molecule has 1 heterocycles. The lowest BCUT2D eigenvalue weighted by Crippen LogP contribution is -2.59. The van der Waals surface area contributed by atoms with E-state index >= 15 is 0 Å². The van der Waals surface area contributed by atoms with Crippen LogP contribution in [-0.4, -0.2) is 36.6 Å². The van der Waals surface area contributed by atoms with Crippen LogP contribution in [0.2, 0.25) is 0 Å². The highest BCUT2D eigenvalue weighted by Gasteiger charge is 2.31. The van der Waals surface area contributed by atoms with Crippen molar-refractivity contribution in [3.63, 3.8) is 0 Å². The van der Waals surface area contributed by atoms with E-state index in [-0.39, 0.29) is 0 Å². The lowest BCUT2D eigenvalue weighted by atomic mass is 9.85. The Morgan fingerprint density at radius 1 is 1.25 bits per heavy atom. The Morgan fingerprint density at radius 2 is 1.94 bits per heavy atom. The molecular formula is C14H30N2. The summed E-state index contributed by atoms with van der Waals surface area (Å²) in [6.07, 6.45) is 4.05. The first kappa shape index (κ1) is 14.0. The SMILES string of the molecule is CCCCCN1CC(C(C)(C)C)NCC1C. The smallest absolute Gasteiger partial charge is 0.0244 e. The summed E-state index contributed by atoms with van der Waals surface area (Å²) in [6.45, 7) is 15.3. The summed E-state index contributed by atoms with van der Waals surface area (Å²) >= 11 is 0. The van der Waals surface area contributed by atoms with E-state index < -0.39 is 0 Å². The van der Waals surface area contributed by atoms with E-state index in [4.69, 9.17) is 0 Å². The van der Waals surface area contributed by atoms with E-state index in [9.17, 15) is 0 Å².